The van der Waals surface area contributed by atoms with Crippen molar-refractivity contribution < 1.29 is 13.9 Å². The fourth-order valence-electron chi connectivity index (χ4n) is 4.33. The summed E-state index contributed by atoms with van der Waals surface area (Å²) in [5.74, 6) is -0.300. The summed E-state index contributed by atoms with van der Waals surface area (Å²) < 4.78 is 20.4. The molecule has 0 aliphatic carbocycles. The third-order valence-corrected chi connectivity index (χ3v) is 6.39. The zero-order chi connectivity index (χ0) is 23.0. The van der Waals surface area contributed by atoms with Crippen LogP contribution in [0.2, 0.25) is 0 Å². The van der Waals surface area contributed by atoms with Gasteiger partial charge in [-0.2, -0.15) is 9.37 Å². The minimum absolute atomic E-state index is 0.0245. The topological polar surface area (TPSA) is 69.7 Å². The lowest BCUT2D eigenvalue weighted by Crippen LogP contribution is -2.45. The Bertz CT molecular complexity index is 927. The minimum atomic E-state index is -0.569. The van der Waals surface area contributed by atoms with Gasteiger partial charge in [-0.3, -0.25) is 9.69 Å². The SMILES string of the molecule is CN1CCN(CCOc2ccc(-c3cccc(CC(=O)NCC4CCCN4)c3)c(F)n2)CC1. The van der Waals surface area contributed by atoms with Crippen LogP contribution in [0.4, 0.5) is 4.39 Å². The van der Waals surface area contributed by atoms with Gasteiger partial charge in [0.2, 0.25) is 17.7 Å². The van der Waals surface area contributed by atoms with Crippen LogP contribution in [0, 0.1) is 5.95 Å². The number of benzene rings is 1. The Balaban J connectivity index is 1.29. The van der Waals surface area contributed by atoms with Crippen molar-refractivity contribution in [3.8, 4) is 17.0 Å². The number of hydrogen-bond acceptors (Lipinski definition) is 6. The predicted molar refractivity (Wildman–Crippen MR) is 127 cm³/mol. The Morgan fingerprint density at radius 1 is 1.24 bits per heavy atom. The maximum atomic E-state index is 14.8. The van der Waals surface area contributed by atoms with E-state index in [1.54, 1.807) is 12.1 Å². The Hall–Kier alpha value is -2.55. The summed E-state index contributed by atoms with van der Waals surface area (Å²) >= 11 is 0. The van der Waals surface area contributed by atoms with Gasteiger partial charge in [0.1, 0.15) is 6.61 Å². The molecule has 4 rings (SSSR count). The lowest BCUT2D eigenvalue weighted by Gasteiger charge is -2.32. The quantitative estimate of drug-likeness (QED) is 0.563. The molecule has 1 aromatic carbocycles. The van der Waals surface area contributed by atoms with E-state index in [-0.39, 0.29) is 12.3 Å². The van der Waals surface area contributed by atoms with Crippen molar-refractivity contribution in [1.29, 1.82) is 0 Å². The van der Waals surface area contributed by atoms with E-state index in [2.05, 4.69) is 32.5 Å². The first-order chi connectivity index (χ1) is 16.1. The fraction of sp³-hybridized carbons (Fsp3) is 0.520. The van der Waals surface area contributed by atoms with Gasteiger partial charge in [-0.1, -0.05) is 24.3 Å². The summed E-state index contributed by atoms with van der Waals surface area (Å²) in [4.78, 5) is 21.0. The van der Waals surface area contributed by atoms with Crippen molar-refractivity contribution in [2.45, 2.75) is 25.3 Å². The molecule has 8 heteroatoms. The van der Waals surface area contributed by atoms with Crippen LogP contribution in [0.1, 0.15) is 18.4 Å². The zero-order valence-electron chi connectivity index (χ0n) is 19.4. The van der Waals surface area contributed by atoms with Gasteiger partial charge in [-0.25, -0.2) is 0 Å². The predicted octanol–water partition coefficient (Wildman–Crippen LogP) is 1.92. The van der Waals surface area contributed by atoms with E-state index in [4.69, 9.17) is 4.74 Å². The Morgan fingerprint density at radius 2 is 2.09 bits per heavy atom. The molecule has 2 saturated heterocycles. The molecular formula is C25H34FN5O2. The van der Waals surface area contributed by atoms with Gasteiger partial charge < -0.3 is 20.3 Å². The van der Waals surface area contributed by atoms with Gasteiger partial charge in [-0.15, -0.1) is 0 Å². The summed E-state index contributed by atoms with van der Waals surface area (Å²) in [6.45, 7) is 7.10. The maximum Gasteiger partial charge on any atom is 0.224 e. The number of rotatable bonds is 9. The molecule has 0 bridgehead atoms. The first-order valence-corrected chi connectivity index (χ1v) is 11.9. The number of carbonyl (C=O) groups excluding carboxylic acids is 1. The number of halogens is 1. The number of carbonyl (C=O) groups is 1. The molecule has 0 saturated carbocycles. The van der Waals surface area contributed by atoms with Crippen LogP contribution in [0.25, 0.3) is 11.1 Å². The van der Waals surface area contributed by atoms with Crippen LogP contribution in [0.15, 0.2) is 36.4 Å². The Morgan fingerprint density at radius 3 is 2.85 bits per heavy atom. The van der Waals surface area contributed by atoms with Crippen molar-refractivity contribution in [2.24, 2.45) is 0 Å². The molecule has 7 nitrogen and oxygen atoms in total. The molecule has 2 aliphatic rings. The number of likely N-dealkylation sites (N-methyl/N-ethyl adjacent to an activating group) is 1. The first kappa shape index (κ1) is 23.6. The number of aromatic nitrogens is 1. The first-order valence-electron chi connectivity index (χ1n) is 11.9. The monoisotopic (exact) mass is 455 g/mol. The normalized spacial score (nSPS) is 19.5. The standard InChI is InChI=1S/C25H34FN5O2/c1-30-10-12-31(13-11-30)14-15-33-24-8-7-22(25(26)29-24)20-5-2-4-19(16-20)17-23(32)28-18-21-6-3-9-27-21/h2,4-5,7-8,16,21,27H,3,6,9-15,17-18H2,1H3,(H,28,32). The number of nitrogens with zero attached hydrogens (tertiary/aromatic N) is 3. The molecule has 0 spiro atoms. The highest BCUT2D eigenvalue weighted by Gasteiger charge is 2.16. The summed E-state index contributed by atoms with van der Waals surface area (Å²) in [5, 5.41) is 6.36. The second-order valence-corrected chi connectivity index (χ2v) is 8.96. The molecule has 3 heterocycles. The Labute approximate surface area is 195 Å². The summed E-state index contributed by atoms with van der Waals surface area (Å²) in [6.07, 6.45) is 2.52. The van der Waals surface area contributed by atoms with Gasteiger partial charge in [0.15, 0.2) is 0 Å². The third kappa shape index (κ3) is 6.96. The number of pyridine rings is 1. The van der Waals surface area contributed by atoms with Crippen LogP contribution in [-0.2, 0) is 11.2 Å². The highest BCUT2D eigenvalue weighted by atomic mass is 19.1. The molecule has 2 aromatic rings. The molecule has 1 amide bonds. The molecule has 2 fully saturated rings. The van der Waals surface area contributed by atoms with E-state index in [1.807, 2.05) is 24.3 Å². The fourth-order valence-corrected chi connectivity index (χ4v) is 4.33. The largest absolute Gasteiger partial charge is 0.476 e. The molecule has 2 N–H and O–H groups in total. The number of nitrogens with one attached hydrogen (secondary N) is 2. The lowest BCUT2D eigenvalue weighted by molar-refractivity contribution is -0.120. The lowest BCUT2D eigenvalue weighted by atomic mass is 10.0. The average Bonchev–Trinajstić information content (AvgIpc) is 3.33. The van der Waals surface area contributed by atoms with Crippen molar-refractivity contribution in [1.82, 2.24) is 25.4 Å². The van der Waals surface area contributed by atoms with Crippen LogP contribution >= 0.6 is 0 Å². The van der Waals surface area contributed by atoms with E-state index < -0.39 is 5.95 Å². The summed E-state index contributed by atoms with van der Waals surface area (Å²) in [5.41, 5.74) is 1.95. The van der Waals surface area contributed by atoms with Gasteiger partial charge in [0.05, 0.1) is 6.42 Å². The van der Waals surface area contributed by atoms with Crippen molar-refractivity contribution in [3.05, 3.63) is 47.9 Å². The minimum Gasteiger partial charge on any atom is -0.476 e. The number of hydrogen-bond donors (Lipinski definition) is 2. The van der Waals surface area contributed by atoms with E-state index in [1.165, 1.54) is 0 Å². The second-order valence-electron chi connectivity index (χ2n) is 8.96. The maximum absolute atomic E-state index is 14.8. The van der Waals surface area contributed by atoms with Gasteiger partial charge in [-0.05, 0) is 43.6 Å². The summed E-state index contributed by atoms with van der Waals surface area (Å²) in [6, 6.07) is 11.2. The van der Waals surface area contributed by atoms with Crippen molar-refractivity contribution >= 4 is 5.91 Å². The molecule has 1 unspecified atom stereocenters. The molecule has 33 heavy (non-hydrogen) atoms. The van der Waals surface area contributed by atoms with Crippen LogP contribution in [-0.4, -0.2) is 86.2 Å². The molecule has 178 valence electrons. The van der Waals surface area contributed by atoms with Crippen LogP contribution in [0.3, 0.4) is 0 Å². The van der Waals surface area contributed by atoms with E-state index in [0.29, 0.717) is 36.2 Å². The van der Waals surface area contributed by atoms with Gasteiger partial charge in [0, 0.05) is 56.9 Å². The van der Waals surface area contributed by atoms with Gasteiger partial charge >= 0.3 is 0 Å². The molecular weight excluding hydrogens is 421 g/mol. The highest BCUT2D eigenvalue weighted by Crippen LogP contribution is 2.25. The van der Waals surface area contributed by atoms with E-state index in [9.17, 15) is 9.18 Å². The van der Waals surface area contributed by atoms with Crippen LogP contribution in [0.5, 0.6) is 5.88 Å². The number of amides is 1. The van der Waals surface area contributed by atoms with Crippen molar-refractivity contribution in [3.63, 3.8) is 0 Å². The molecule has 1 aromatic heterocycles. The summed E-state index contributed by atoms with van der Waals surface area (Å²) in [7, 11) is 2.13. The number of piperazine rings is 1. The number of ether oxygens (including phenoxy) is 1. The molecule has 0 radical (unpaired) electrons. The molecule has 2 aliphatic heterocycles. The van der Waals surface area contributed by atoms with E-state index >= 15 is 0 Å². The third-order valence-electron chi connectivity index (χ3n) is 6.39. The smallest absolute Gasteiger partial charge is 0.224 e. The highest BCUT2D eigenvalue weighted by molar-refractivity contribution is 5.79. The van der Waals surface area contributed by atoms with E-state index in [0.717, 1.165) is 57.7 Å². The van der Waals surface area contributed by atoms with Crippen LogP contribution < -0.4 is 15.4 Å². The zero-order valence-corrected chi connectivity index (χ0v) is 19.4. The molecule has 1 atom stereocenters. The second kappa shape index (κ2) is 11.5. The Kier molecular flexibility index (Phi) is 8.25. The van der Waals surface area contributed by atoms with Crippen molar-refractivity contribution in [2.75, 3.05) is 59.5 Å². The van der Waals surface area contributed by atoms with Gasteiger partial charge in [0.25, 0.3) is 0 Å². The average molecular weight is 456 g/mol.